The Bertz CT molecular complexity index is 612. The Hall–Kier alpha value is -1.81. The molecule has 0 saturated heterocycles. The zero-order valence-electron chi connectivity index (χ0n) is 8.74. The number of anilines is 1. The Morgan fingerprint density at radius 2 is 1.88 bits per heavy atom. The van der Waals surface area contributed by atoms with Crippen LogP contribution in [0.5, 0.6) is 0 Å². The number of halogens is 1. The number of hydrogen-bond donors (Lipinski definition) is 1. The first-order valence-electron chi connectivity index (χ1n) is 5.12. The van der Waals surface area contributed by atoms with Crippen LogP contribution < -0.4 is 5.32 Å². The molecule has 0 bridgehead atoms. The molecule has 84 valence electrons. The number of rotatable bonds is 0. The fourth-order valence-corrected chi connectivity index (χ4v) is 2.75. The topological polar surface area (TPSA) is 29.1 Å². The van der Waals surface area contributed by atoms with Gasteiger partial charge in [-0.25, -0.2) is 4.39 Å². The van der Waals surface area contributed by atoms with Crippen molar-refractivity contribution in [1.29, 1.82) is 0 Å². The third kappa shape index (κ3) is 1.80. The van der Waals surface area contributed by atoms with Crippen LogP contribution in [0.3, 0.4) is 0 Å². The van der Waals surface area contributed by atoms with E-state index in [9.17, 15) is 9.18 Å². The molecule has 0 aliphatic carbocycles. The molecule has 0 atom stereocenters. The van der Waals surface area contributed by atoms with Gasteiger partial charge in [0.1, 0.15) is 5.82 Å². The largest absolute Gasteiger partial charge is 0.321 e. The number of nitrogens with one attached hydrogen (secondary N) is 1. The van der Waals surface area contributed by atoms with Gasteiger partial charge in [0, 0.05) is 9.79 Å². The highest BCUT2D eigenvalue weighted by molar-refractivity contribution is 7.99. The predicted octanol–water partition coefficient (Wildman–Crippen LogP) is 3.54. The van der Waals surface area contributed by atoms with Crippen molar-refractivity contribution in [2.24, 2.45) is 0 Å². The maximum atomic E-state index is 13.1. The highest BCUT2D eigenvalue weighted by atomic mass is 32.2. The number of benzene rings is 2. The van der Waals surface area contributed by atoms with E-state index in [2.05, 4.69) is 5.32 Å². The van der Waals surface area contributed by atoms with Crippen molar-refractivity contribution in [2.45, 2.75) is 9.79 Å². The first-order chi connectivity index (χ1) is 8.24. The lowest BCUT2D eigenvalue weighted by Gasteiger charge is -2.03. The summed E-state index contributed by atoms with van der Waals surface area (Å²) in [7, 11) is 0. The summed E-state index contributed by atoms with van der Waals surface area (Å²) in [6, 6.07) is 11.8. The van der Waals surface area contributed by atoms with E-state index in [4.69, 9.17) is 0 Å². The van der Waals surface area contributed by atoms with Crippen molar-refractivity contribution >= 4 is 23.4 Å². The van der Waals surface area contributed by atoms with Gasteiger partial charge >= 0.3 is 0 Å². The van der Waals surface area contributed by atoms with E-state index >= 15 is 0 Å². The average Bonchev–Trinajstić information content (AvgIpc) is 2.46. The molecule has 3 rings (SSSR count). The van der Waals surface area contributed by atoms with Crippen LogP contribution in [0.1, 0.15) is 10.4 Å². The van der Waals surface area contributed by atoms with E-state index in [1.54, 1.807) is 6.07 Å². The van der Waals surface area contributed by atoms with Crippen molar-refractivity contribution in [3.05, 3.63) is 53.8 Å². The van der Waals surface area contributed by atoms with Gasteiger partial charge in [-0.2, -0.15) is 0 Å². The number of hydrogen-bond acceptors (Lipinski definition) is 2. The fraction of sp³-hybridized carbons (Fsp3) is 0. The van der Waals surface area contributed by atoms with E-state index in [1.807, 2.05) is 24.3 Å². The maximum absolute atomic E-state index is 13.1. The Morgan fingerprint density at radius 1 is 1.06 bits per heavy atom. The fourth-order valence-electron chi connectivity index (χ4n) is 1.74. The predicted molar refractivity (Wildman–Crippen MR) is 64.9 cm³/mol. The Labute approximate surface area is 102 Å². The van der Waals surface area contributed by atoms with E-state index < -0.39 is 5.82 Å². The summed E-state index contributed by atoms with van der Waals surface area (Å²) in [5.41, 5.74) is 1.14. The molecule has 1 N–H and O–H groups in total. The molecular weight excluding hydrogens is 237 g/mol. The van der Waals surface area contributed by atoms with Gasteiger partial charge < -0.3 is 5.32 Å². The van der Waals surface area contributed by atoms with Crippen LogP contribution in [0, 0.1) is 5.82 Å². The van der Waals surface area contributed by atoms with Gasteiger partial charge in [-0.05, 0) is 30.3 Å². The maximum Gasteiger partial charge on any atom is 0.256 e. The molecule has 0 aromatic heterocycles. The Morgan fingerprint density at radius 3 is 2.76 bits per heavy atom. The molecule has 1 aliphatic rings. The molecule has 2 aromatic rings. The van der Waals surface area contributed by atoms with Crippen molar-refractivity contribution in [2.75, 3.05) is 5.32 Å². The minimum atomic E-state index is -0.398. The summed E-state index contributed by atoms with van der Waals surface area (Å²) in [5, 5.41) is 2.78. The second-order valence-electron chi connectivity index (χ2n) is 3.69. The van der Waals surface area contributed by atoms with E-state index in [-0.39, 0.29) is 5.91 Å². The number of fused-ring (bicyclic) bond motifs is 2. The Kier molecular flexibility index (Phi) is 2.37. The van der Waals surface area contributed by atoms with Crippen molar-refractivity contribution in [3.8, 4) is 0 Å². The first-order valence-corrected chi connectivity index (χ1v) is 5.93. The molecule has 1 amide bonds. The average molecular weight is 245 g/mol. The first kappa shape index (κ1) is 10.4. The van der Waals surface area contributed by atoms with E-state index in [0.717, 1.165) is 15.5 Å². The number of para-hydroxylation sites is 1. The smallest absolute Gasteiger partial charge is 0.256 e. The summed E-state index contributed by atoms with van der Waals surface area (Å²) >= 11 is 1.47. The molecule has 4 heteroatoms. The van der Waals surface area contributed by atoms with Crippen molar-refractivity contribution < 1.29 is 9.18 Å². The summed E-state index contributed by atoms with van der Waals surface area (Å²) in [6.45, 7) is 0. The van der Waals surface area contributed by atoms with Crippen LogP contribution >= 0.6 is 11.8 Å². The number of amides is 1. The van der Waals surface area contributed by atoms with Crippen molar-refractivity contribution in [3.63, 3.8) is 0 Å². The van der Waals surface area contributed by atoms with Crippen LogP contribution in [0.15, 0.2) is 52.3 Å². The quantitative estimate of drug-likeness (QED) is 0.769. The molecule has 0 unspecified atom stereocenters. The molecular formula is C13H8FNOS. The SMILES string of the molecule is O=C1Nc2ccccc2Sc2ccc(F)cc21. The highest BCUT2D eigenvalue weighted by Crippen LogP contribution is 2.38. The summed E-state index contributed by atoms with van der Waals surface area (Å²) < 4.78 is 13.1. The lowest BCUT2D eigenvalue weighted by molar-refractivity contribution is 0.102. The van der Waals surface area contributed by atoms with Crippen LogP contribution in [-0.4, -0.2) is 5.91 Å². The van der Waals surface area contributed by atoms with Gasteiger partial charge in [-0.15, -0.1) is 0 Å². The van der Waals surface area contributed by atoms with Crippen LogP contribution in [0.4, 0.5) is 10.1 Å². The van der Waals surface area contributed by atoms with E-state index in [0.29, 0.717) is 5.56 Å². The molecule has 0 radical (unpaired) electrons. The normalized spacial score (nSPS) is 13.4. The summed E-state index contributed by atoms with van der Waals surface area (Å²) in [5.74, 6) is -0.664. The van der Waals surface area contributed by atoms with Gasteiger partial charge in [-0.3, -0.25) is 4.79 Å². The molecule has 0 saturated carbocycles. The van der Waals surface area contributed by atoms with Crippen molar-refractivity contribution in [1.82, 2.24) is 0 Å². The zero-order chi connectivity index (χ0) is 11.8. The van der Waals surface area contributed by atoms with Gasteiger partial charge in [0.25, 0.3) is 5.91 Å². The van der Waals surface area contributed by atoms with E-state index in [1.165, 1.54) is 23.9 Å². The molecule has 1 heterocycles. The monoisotopic (exact) mass is 245 g/mol. The standard InChI is InChI=1S/C13H8FNOS/c14-8-5-6-11-9(7-8)13(16)15-10-3-1-2-4-12(10)17-11/h1-7H,(H,15,16). The number of carbonyl (C=O) groups excluding carboxylic acids is 1. The van der Waals surface area contributed by atoms with Gasteiger partial charge in [-0.1, -0.05) is 23.9 Å². The molecule has 1 aliphatic heterocycles. The van der Waals surface area contributed by atoms with Crippen LogP contribution in [-0.2, 0) is 0 Å². The lowest BCUT2D eigenvalue weighted by atomic mass is 10.2. The second-order valence-corrected chi connectivity index (χ2v) is 4.78. The second kappa shape index (κ2) is 3.89. The molecule has 17 heavy (non-hydrogen) atoms. The van der Waals surface area contributed by atoms with Crippen LogP contribution in [0.2, 0.25) is 0 Å². The highest BCUT2D eigenvalue weighted by Gasteiger charge is 2.19. The zero-order valence-corrected chi connectivity index (χ0v) is 9.55. The summed E-state index contributed by atoms with van der Waals surface area (Å²) in [4.78, 5) is 13.7. The minimum absolute atomic E-state index is 0.267. The van der Waals surface area contributed by atoms with Gasteiger partial charge in [0.15, 0.2) is 0 Å². The third-order valence-corrected chi connectivity index (χ3v) is 3.69. The lowest BCUT2D eigenvalue weighted by Crippen LogP contribution is -2.11. The third-order valence-electron chi connectivity index (χ3n) is 2.54. The van der Waals surface area contributed by atoms with Crippen LogP contribution in [0.25, 0.3) is 0 Å². The Balaban J connectivity index is 2.17. The number of carbonyl (C=O) groups is 1. The minimum Gasteiger partial charge on any atom is -0.321 e. The van der Waals surface area contributed by atoms with Gasteiger partial charge in [0.2, 0.25) is 0 Å². The molecule has 2 nitrogen and oxygen atoms in total. The molecule has 0 fully saturated rings. The summed E-state index contributed by atoms with van der Waals surface area (Å²) in [6.07, 6.45) is 0. The molecule has 0 spiro atoms. The molecule has 2 aromatic carbocycles. The van der Waals surface area contributed by atoms with Gasteiger partial charge in [0.05, 0.1) is 11.3 Å².